The molecule has 11 heavy (non-hydrogen) atoms. The summed E-state index contributed by atoms with van der Waals surface area (Å²) >= 11 is 2.35. The third-order valence-electron chi connectivity index (χ3n) is 1.78. The van der Waals surface area contributed by atoms with Gasteiger partial charge < -0.3 is 9.26 Å². The van der Waals surface area contributed by atoms with E-state index in [9.17, 15) is 0 Å². The van der Waals surface area contributed by atoms with E-state index in [-0.39, 0.29) is 5.48 Å². The Bertz CT molecular complexity index is 65.1. The van der Waals surface area contributed by atoms with Crippen LogP contribution in [0.15, 0.2) is 0 Å². The van der Waals surface area contributed by atoms with Crippen LogP contribution in [0.25, 0.3) is 0 Å². The Morgan fingerprint density at radius 2 is 1.91 bits per heavy atom. The molecule has 0 heterocycles. The van der Waals surface area contributed by atoms with E-state index in [4.69, 9.17) is 3.79 Å². The summed E-state index contributed by atoms with van der Waals surface area (Å²) < 4.78 is 5.16. The van der Waals surface area contributed by atoms with E-state index in [2.05, 4.69) is 30.5 Å². The van der Waals surface area contributed by atoms with Crippen molar-refractivity contribution < 1.29 is 9.26 Å². The molecular weight excluding hydrogens is 155 g/mol. The van der Waals surface area contributed by atoms with Crippen LogP contribution >= 0.6 is 0 Å². The normalized spacial score (nSPS) is 12.2. The Kier molecular flexibility index (Phi) is 13.3. The monoisotopic (exact) mass is 174 g/mol. The molecule has 66 valence electrons. The van der Waals surface area contributed by atoms with Gasteiger partial charge in [-0.15, -0.1) is 0 Å². The summed E-state index contributed by atoms with van der Waals surface area (Å²) in [6.45, 7) is 4.39. The summed E-state index contributed by atoms with van der Waals surface area (Å²) in [5.41, 5.74) is 0. The van der Waals surface area contributed by atoms with Crippen molar-refractivity contribution in [1.29, 1.82) is 0 Å². The highest BCUT2D eigenvalue weighted by Crippen LogP contribution is 2.07. The smallest absolute Gasteiger partial charge is 0.369 e. The van der Waals surface area contributed by atoms with E-state index in [0.29, 0.717) is 6.10 Å². The first-order valence-corrected chi connectivity index (χ1v) is 4.67. The number of hydrogen-bond donors (Lipinski definition) is 0. The van der Waals surface area contributed by atoms with Crippen LogP contribution in [0.5, 0.6) is 0 Å². The molecule has 0 saturated heterocycles. The SMILES string of the molecule is CCCCCC(CC)[O][Al].O. The largest absolute Gasteiger partial charge is 0.514 e. The third kappa shape index (κ3) is 8.36. The number of unbranched alkanes of at least 4 members (excludes halogenated alkanes) is 2. The predicted molar refractivity (Wildman–Crippen MR) is 48.7 cm³/mol. The highest BCUT2D eigenvalue weighted by atomic mass is 27.1. The lowest BCUT2D eigenvalue weighted by Crippen LogP contribution is -2.08. The van der Waals surface area contributed by atoms with E-state index in [1.54, 1.807) is 0 Å². The van der Waals surface area contributed by atoms with Crippen molar-refractivity contribution >= 4 is 16.6 Å². The predicted octanol–water partition coefficient (Wildman–Crippen LogP) is 1.62. The van der Waals surface area contributed by atoms with E-state index in [1.165, 1.54) is 25.7 Å². The van der Waals surface area contributed by atoms with Gasteiger partial charge in [-0.1, -0.05) is 33.1 Å². The van der Waals surface area contributed by atoms with Gasteiger partial charge in [0.2, 0.25) is 0 Å². The molecule has 0 aliphatic carbocycles. The number of hydrogen-bond acceptors (Lipinski definition) is 1. The van der Waals surface area contributed by atoms with Crippen LogP contribution in [0.2, 0.25) is 0 Å². The van der Waals surface area contributed by atoms with Gasteiger partial charge in [-0.25, -0.2) is 0 Å². The molecular formula is C8H19AlO2. The molecule has 0 aromatic heterocycles. The summed E-state index contributed by atoms with van der Waals surface area (Å²) in [7, 11) is 0. The standard InChI is InChI=1S/C8H17O.Al.H2O/c1-3-5-6-7-8(9)4-2;;/h8H,3-7H2,1-2H3;;1H2/q-1;+1;. The first-order chi connectivity index (χ1) is 4.85. The Balaban J connectivity index is 0. The van der Waals surface area contributed by atoms with E-state index in [0.717, 1.165) is 6.42 Å². The molecule has 2 N–H and O–H groups in total. The van der Waals surface area contributed by atoms with Crippen molar-refractivity contribution in [3.8, 4) is 0 Å². The second-order valence-corrected chi connectivity index (χ2v) is 2.93. The summed E-state index contributed by atoms with van der Waals surface area (Å²) in [4.78, 5) is 0. The molecule has 0 rings (SSSR count). The van der Waals surface area contributed by atoms with Gasteiger partial charge in [0.1, 0.15) is 0 Å². The lowest BCUT2D eigenvalue weighted by Gasteiger charge is -2.13. The van der Waals surface area contributed by atoms with Gasteiger partial charge >= 0.3 is 16.6 Å². The van der Waals surface area contributed by atoms with Crippen molar-refractivity contribution in [1.82, 2.24) is 0 Å². The second kappa shape index (κ2) is 10.5. The zero-order valence-electron chi connectivity index (χ0n) is 7.60. The molecule has 0 aliphatic rings. The molecule has 0 bridgehead atoms. The lowest BCUT2D eigenvalue weighted by atomic mass is 10.1. The van der Waals surface area contributed by atoms with Crippen molar-refractivity contribution in [2.24, 2.45) is 0 Å². The van der Waals surface area contributed by atoms with E-state index < -0.39 is 0 Å². The Morgan fingerprint density at radius 1 is 1.27 bits per heavy atom. The molecule has 0 aliphatic heterocycles. The van der Waals surface area contributed by atoms with E-state index in [1.807, 2.05) is 0 Å². The maximum absolute atomic E-state index is 5.16. The molecule has 2 nitrogen and oxygen atoms in total. The van der Waals surface area contributed by atoms with Crippen LogP contribution in [-0.4, -0.2) is 28.2 Å². The Morgan fingerprint density at radius 3 is 2.27 bits per heavy atom. The minimum absolute atomic E-state index is 0. The Hall–Kier alpha value is 0.452. The molecule has 0 aromatic rings. The Labute approximate surface area is 78.4 Å². The minimum atomic E-state index is 0. The topological polar surface area (TPSA) is 40.7 Å². The molecule has 2 radical (unpaired) electrons. The maximum atomic E-state index is 5.16. The quantitative estimate of drug-likeness (QED) is 0.445. The lowest BCUT2D eigenvalue weighted by molar-refractivity contribution is 0.200. The fourth-order valence-corrected chi connectivity index (χ4v) is 1.32. The fourth-order valence-electron chi connectivity index (χ4n) is 0.990. The van der Waals surface area contributed by atoms with Gasteiger partial charge in [0.05, 0.1) is 0 Å². The highest BCUT2D eigenvalue weighted by molar-refractivity contribution is 5.98. The van der Waals surface area contributed by atoms with Gasteiger partial charge in [0.15, 0.2) is 0 Å². The van der Waals surface area contributed by atoms with Crippen LogP contribution in [-0.2, 0) is 3.79 Å². The van der Waals surface area contributed by atoms with Crippen LogP contribution < -0.4 is 0 Å². The first kappa shape index (κ1) is 14.0. The van der Waals surface area contributed by atoms with Gasteiger partial charge in [0.25, 0.3) is 0 Å². The van der Waals surface area contributed by atoms with Crippen molar-refractivity contribution in [2.75, 3.05) is 0 Å². The molecule has 0 amide bonds. The van der Waals surface area contributed by atoms with E-state index >= 15 is 0 Å². The number of rotatable bonds is 6. The van der Waals surface area contributed by atoms with Crippen LogP contribution in [0.3, 0.4) is 0 Å². The van der Waals surface area contributed by atoms with Gasteiger partial charge in [-0.05, 0) is 12.8 Å². The molecule has 1 atom stereocenters. The average Bonchev–Trinajstić information content (AvgIpc) is 1.99. The van der Waals surface area contributed by atoms with Crippen LogP contribution in [0.1, 0.15) is 46.0 Å². The molecule has 0 fully saturated rings. The maximum Gasteiger partial charge on any atom is 0.369 e. The van der Waals surface area contributed by atoms with Gasteiger partial charge in [-0.3, -0.25) is 0 Å². The highest BCUT2D eigenvalue weighted by Gasteiger charge is 2.00. The first-order valence-electron chi connectivity index (χ1n) is 4.20. The fraction of sp³-hybridized carbons (Fsp3) is 1.00. The van der Waals surface area contributed by atoms with Crippen molar-refractivity contribution in [3.05, 3.63) is 0 Å². The van der Waals surface area contributed by atoms with Crippen LogP contribution in [0, 0.1) is 0 Å². The zero-order valence-corrected chi connectivity index (χ0v) is 8.75. The molecule has 0 saturated carbocycles. The molecule has 0 spiro atoms. The summed E-state index contributed by atoms with van der Waals surface area (Å²) in [5.74, 6) is 0. The molecule has 1 unspecified atom stereocenters. The van der Waals surface area contributed by atoms with Gasteiger partial charge in [0, 0.05) is 6.10 Å². The minimum Gasteiger partial charge on any atom is -0.514 e. The summed E-state index contributed by atoms with van der Waals surface area (Å²) in [6, 6.07) is 0. The molecule has 3 heteroatoms. The third-order valence-corrected chi connectivity index (χ3v) is 2.16. The van der Waals surface area contributed by atoms with Gasteiger partial charge in [-0.2, -0.15) is 0 Å². The van der Waals surface area contributed by atoms with Crippen molar-refractivity contribution in [3.63, 3.8) is 0 Å². The van der Waals surface area contributed by atoms with Crippen LogP contribution in [0.4, 0.5) is 0 Å². The second-order valence-electron chi connectivity index (χ2n) is 2.66. The molecule has 0 aromatic carbocycles. The summed E-state index contributed by atoms with van der Waals surface area (Å²) in [6.07, 6.45) is 6.76. The average molecular weight is 174 g/mol. The van der Waals surface area contributed by atoms with Crippen molar-refractivity contribution in [2.45, 2.75) is 52.1 Å². The zero-order chi connectivity index (χ0) is 7.82. The summed E-state index contributed by atoms with van der Waals surface area (Å²) in [5, 5.41) is 0.